The molecule has 2 heterocycles. The standard InChI is InChI=1S/2C4H6S/c2*1-2-4-5-3-1/h1,3H,2,4H2;1-2H,3-4H2. The summed E-state index contributed by atoms with van der Waals surface area (Å²) in [7, 11) is 0. The maximum atomic E-state index is 2.20. The lowest BCUT2D eigenvalue weighted by Gasteiger charge is -1.70. The van der Waals surface area contributed by atoms with Crippen molar-refractivity contribution in [1.29, 1.82) is 0 Å². The Morgan fingerprint density at radius 1 is 1.00 bits per heavy atom. The van der Waals surface area contributed by atoms with Gasteiger partial charge in [-0.05, 0) is 11.8 Å². The first-order valence-electron chi connectivity index (χ1n) is 3.49. The van der Waals surface area contributed by atoms with Crippen LogP contribution < -0.4 is 0 Å². The van der Waals surface area contributed by atoms with Crippen LogP contribution in [0.3, 0.4) is 0 Å². The van der Waals surface area contributed by atoms with Crippen molar-refractivity contribution in [3.63, 3.8) is 0 Å². The van der Waals surface area contributed by atoms with Crippen LogP contribution in [-0.2, 0) is 0 Å². The summed E-state index contributed by atoms with van der Waals surface area (Å²) in [6.07, 6.45) is 7.88. The van der Waals surface area contributed by atoms with Gasteiger partial charge in [0.2, 0.25) is 0 Å². The second-order valence-corrected chi connectivity index (χ2v) is 4.13. The van der Waals surface area contributed by atoms with Gasteiger partial charge < -0.3 is 0 Å². The highest BCUT2D eigenvalue weighted by Gasteiger charge is 1.85. The summed E-state index contributed by atoms with van der Waals surface area (Å²) in [5.41, 5.74) is 0. The topological polar surface area (TPSA) is 0 Å². The molecule has 0 N–H and O–H groups in total. The molecule has 0 aromatic heterocycles. The second kappa shape index (κ2) is 5.93. The molecule has 0 bridgehead atoms. The van der Waals surface area contributed by atoms with E-state index in [1.807, 2.05) is 23.5 Å². The zero-order chi connectivity index (χ0) is 7.07. The highest BCUT2D eigenvalue weighted by Crippen LogP contribution is 2.11. The molecule has 2 heteroatoms. The van der Waals surface area contributed by atoms with E-state index in [0.717, 1.165) is 0 Å². The highest BCUT2D eigenvalue weighted by molar-refractivity contribution is 8.02. The van der Waals surface area contributed by atoms with E-state index in [1.54, 1.807) is 0 Å². The van der Waals surface area contributed by atoms with Crippen LogP contribution in [0.5, 0.6) is 0 Å². The number of allylic oxidation sites excluding steroid dienone is 1. The van der Waals surface area contributed by atoms with Gasteiger partial charge in [0.05, 0.1) is 0 Å². The van der Waals surface area contributed by atoms with Crippen LogP contribution in [0, 0.1) is 0 Å². The summed E-state index contributed by atoms with van der Waals surface area (Å²) in [5, 5.41) is 2.15. The van der Waals surface area contributed by atoms with Gasteiger partial charge >= 0.3 is 0 Å². The lowest BCUT2D eigenvalue weighted by atomic mass is 10.5. The van der Waals surface area contributed by atoms with Gasteiger partial charge in [-0.1, -0.05) is 18.2 Å². The van der Waals surface area contributed by atoms with Gasteiger partial charge in [-0.2, -0.15) is 11.8 Å². The van der Waals surface area contributed by atoms with Crippen LogP contribution in [0.1, 0.15) is 6.42 Å². The lowest BCUT2D eigenvalue weighted by Crippen LogP contribution is -1.56. The minimum Gasteiger partial charge on any atom is -0.154 e. The van der Waals surface area contributed by atoms with Gasteiger partial charge in [0.1, 0.15) is 0 Å². The molecule has 56 valence electrons. The fourth-order valence-corrected chi connectivity index (χ4v) is 2.04. The third kappa shape index (κ3) is 4.07. The van der Waals surface area contributed by atoms with E-state index in [-0.39, 0.29) is 0 Å². The van der Waals surface area contributed by atoms with Crippen molar-refractivity contribution in [1.82, 2.24) is 0 Å². The maximum Gasteiger partial charge on any atom is 0.0116 e. The Bertz CT molecular complexity index is 99.2. The first kappa shape index (κ1) is 8.28. The van der Waals surface area contributed by atoms with Crippen LogP contribution in [0.4, 0.5) is 0 Å². The number of hydrogen-bond acceptors (Lipinski definition) is 2. The second-order valence-electron chi connectivity index (χ2n) is 2.04. The third-order valence-corrected chi connectivity index (χ3v) is 2.90. The quantitative estimate of drug-likeness (QED) is 0.515. The Morgan fingerprint density at radius 3 is 2.00 bits per heavy atom. The Kier molecular flexibility index (Phi) is 4.91. The van der Waals surface area contributed by atoms with Gasteiger partial charge in [0, 0.05) is 17.3 Å². The van der Waals surface area contributed by atoms with Crippen molar-refractivity contribution in [3.8, 4) is 0 Å². The molecule has 2 aliphatic rings. The molecule has 0 spiro atoms. The summed E-state index contributed by atoms with van der Waals surface area (Å²) in [5.74, 6) is 3.78. The van der Waals surface area contributed by atoms with E-state index < -0.39 is 0 Å². The normalized spacial score (nSPS) is 20.8. The van der Waals surface area contributed by atoms with Gasteiger partial charge in [-0.15, -0.1) is 11.8 Å². The molecule has 0 nitrogen and oxygen atoms in total. The van der Waals surface area contributed by atoms with E-state index in [4.69, 9.17) is 0 Å². The van der Waals surface area contributed by atoms with Crippen LogP contribution in [0.15, 0.2) is 23.6 Å². The van der Waals surface area contributed by atoms with E-state index in [1.165, 1.54) is 23.7 Å². The van der Waals surface area contributed by atoms with Crippen LogP contribution in [0.25, 0.3) is 0 Å². The molecular formula is C8H12S2. The zero-order valence-corrected chi connectivity index (χ0v) is 7.59. The fourth-order valence-electron chi connectivity index (χ4n) is 0.680. The van der Waals surface area contributed by atoms with E-state index >= 15 is 0 Å². The average Bonchev–Trinajstić information content (AvgIpc) is 2.67. The molecular weight excluding hydrogens is 160 g/mol. The minimum absolute atomic E-state index is 1.24. The summed E-state index contributed by atoms with van der Waals surface area (Å²) in [6.45, 7) is 0. The van der Waals surface area contributed by atoms with E-state index in [2.05, 4.69) is 23.6 Å². The van der Waals surface area contributed by atoms with Gasteiger partial charge in [-0.25, -0.2) is 0 Å². The summed E-state index contributed by atoms with van der Waals surface area (Å²) >= 11 is 3.86. The summed E-state index contributed by atoms with van der Waals surface area (Å²) < 4.78 is 0. The van der Waals surface area contributed by atoms with E-state index in [0.29, 0.717) is 0 Å². The van der Waals surface area contributed by atoms with E-state index in [9.17, 15) is 0 Å². The molecule has 0 atom stereocenters. The summed E-state index contributed by atoms with van der Waals surface area (Å²) in [4.78, 5) is 0. The van der Waals surface area contributed by atoms with Crippen LogP contribution in [-0.4, -0.2) is 17.3 Å². The Hall–Kier alpha value is 0.180. The molecule has 0 fully saturated rings. The van der Waals surface area contributed by atoms with Gasteiger partial charge in [0.15, 0.2) is 0 Å². The summed E-state index contributed by atoms with van der Waals surface area (Å²) in [6, 6.07) is 0. The predicted molar refractivity (Wildman–Crippen MR) is 52.7 cm³/mol. The molecule has 0 saturated carbocycles. The maximum absolute atomic E-state index is 2.20. The number of hydrogen-bond donors (Lipinski definition) is 0. The molecule has 0 saturated heterocycles. The first-order chi connectivity index (χ1) is 5.00. The predicted octanol–water partition coefficient (Wildman–Crippen LogP) is 2.93. The lowest BCUT2D eigenvalue weighted by molar-refractivity contribution is 1.28. The minimum atomic E-state index is 1.24. The number of thioether (sulfide) groups is 2. The van der Waals surface area contributed by atoms with Crippen molar-refractivity contribution in [2.24, 2.45) is 0 Å². The fraction of sp³-hybridized carbons (Fsp3) is 0.500. The molecule has 0 unspecified atom stereocenters. The highest BCUT2D eigenvalue weighted by atomic mass is 32.2. The Labute approximate surface area is 71.2 Å². The van der Waals surface area contributed by atoms with Gasteiger partial charge in [-0.3, -0.25) is 0 Å². The molecule has 2 aliphatic heterocycles. The molecule has 0 radical (unpaired) electrons. The molecule has 2 rings (SSSR count). The third-order valence-electron chi connectivity index (χ3n) is 1.19. The molecule has 0 aliphatic carbocycles. The SMILES string of the molecule is C1=CCSC1.C1=CSCC1. The van der Waals surface area contributed by atoms with Gasteiger partial charge in [0.25, 0.3) is 0 Å². The number of rotatable bonds is 0. The van der Waals surface area contributed by atoms with Crippen LogP contribution >= 0.6 is 23.5 Å². The van der Waals surface area contributed by atoms with Crippen LogP contribution in [0.2, 0.25) is 0 Å². The largest absolute Gasteiger partial charge is 0.154 e. The monoisotopic (exact) mass is 172 g/mol. The zero-order valence-electron chi connectivity index (χ0n) is 5.95. The first-order valence-corrected chi connectivity index (χ1v) is 5.70. The van der Waals surface area contributed by atoms with Crippen molar-refractivity contribution < 1.29 is 0 Å². The van der Waals surface area contributed by atoms with Crippen molar-refractivity contribution in [2.45, 2.75) is 6.42 Å². The van der Waals surface area contributed by atoms with Crippen molar-refractivity contribution in [2.75, 3.05) is 17.3 Å². The average molecular weight is 172 g/mol. The molecule has 0 amide bonds. The Morgan fingerprint density at radius 2 is 1.80 bits per heavy atom. The smallest absolute Gasteiger partial charge is 0.0116 e. The molecule has 10 heavy (non-hydrogen) atoms. The molecule has 0 aromatic rings. The van der Waals surface area contributed by atoms with Crippen molar-refractivity contribution in [3.05, 3.63) is 23.6 Å². The molecule has 0 aromatic carbocycles. The van der Waals surface area contributed by atoms with Crippen molar-refractivity contribution >= 4 is 23.5 Å². The Balaban J connectivity index is 0.0000001000.